The summed E-state index contributed by atoms with van der Waals surface area (Å²) in [6, 6.07) is 9.47. The molecule has 3 nitrogen and oxygen atoms in total. The van der Waals surface area contributed by atoms with Crippen molar-refractivity contribution in [3.05, 3.63) is 35.9 Å². The maximum absolute atomic E-state index is 11.9. The fourth-order valence-electron chi connectivity index (χ4n) is 1.46. The van der Waals surface area contributed by atoms with Gasteiger partial charge < -0.3 is 4.74 Å². The van der Waals surface area contributed by atoms with Gasteiger partial charge >= 0.3 is 5.97 Å². The summed E-state index contributed by atoms with van der Waals surface area (Å²) < 4.78 is 3.86. The van der Waals surface area contributed by atoms with Gasteiger partial charge in [-0.3, -0.25) is 9.59 Å². The molecule has 1 unspecified atom stereocenters. The quantitative estimate of drug-likeness (QED) is 0.356. The van der Waals surface area contributed by atoms with Crippen LogP contribution in [-0.2, 0) is 20.7 Å². The number of Topliss-reactive ketones (excluding diaryl/α,β-unsaturated/α-hetero) is 1. The van der Waals surface area contributed by atoms with Crippen molar-refractivity contribution in [2.45, 2.75) is 23.7 Å². The zero-order chi connectivity index (χ0) is 12.9. The molecule has 0 heterocycles. The van der Waals surface area contributed by atoms with E-state index < -0.39 is 9.39 Å². The standard InChI is InChI=1S/C13H15IO3/c1-3-17-12(16)13(14,10(2)15)9-11-7-5-4-6-8-11/h4-8H,3,9H2,1-2H3. The van der Waals surface area contributed by atoms with Crippen LogP contribution in [0.5, 0.6) is 0 Å². The Balaban J connectivity index is 2.93. The van der Waals surface area contributed by atoms with E-state index in [1.165, 1.54) is 6.92 Å². The summed E-state index contributed by atoms with van der Waals surface area (Å²) in [6.45, 7) is 3.44. The van der Waals surface area contributed by atoms with E-state index in [1.807, 2.05) is 52.9 Å². The van der Waals surface area contributed by atoms with Gasteiger partial charge in [-0.1, -0.05) is 52.9 Å². The minimum Gasteiger partial charge on any atom is -0.465 e. The van der Waals surface area contributed by atoms with Crippen LogP contribution in [0.2, 0.25) is 0 Å². The van der Waals surface area contributed by atoms with Crippen molar-refractivity contribution in [3.63, 3.8) is 0 Å². The first kappa shape index (κ1) is 14.2. The number of alkyl halides is 1. The summed E-state index contributed by atoms with van der Waals surface area (Å²) in [5.41, 5.74) is 0.949. The van der Waals surface area contributed by atoms with E-state index >= 15 is 0 Å². The van der Waals surface area contributed by atoms with Gasteiger partial charge in [-0.05, 0) is 19.4 Å². The van der Waals surface area contributed by atoms with Crippen LogP contribution in [0.3, 0.4) is 0 Å². The average Bonchev–Trinajstić information content (AvgIpc) is 2.30. The second kappa shape index (κ2) is 6.14. The molecular weight excluding hydrogens is 331 g/mol. The van der Waals surface area contributed by atoms with Gasteiger partial charge in [0.05, 0.1) is 6.61 Å². The first-order chi connectivity index (χ1) is 8.00. The summed E-state index contributed by atoms with van der Waals surface area (Å²) in [4.78, 5) is 23.5. The van der Waals surface area contributed by atoms with Crippen LogP contribution in [0.4, 0.5) is 0 Å². The summed E-state index contributed by atoms with van der Waals surface area (Å²) in [5, 5.41) is 0. The Morgan fingerprint density at radius 3 is 2.35 bits per heavy atom. The number of ketones is 1. The van der Waals surface area contributed by atoms with E-state index in [1.54, 1.807) is 6.92 Å². The summed E-state index contributed by atoms with van der Waals surface area (Å²) in [7, 11) is 0. The molecule has 0 radical (unpaired) electrons. The Hall–Kier alpha value is -0.910. The van der Waals surface area contributed by atoms with Crippen molar-refractivity contribution < 1.29 is 14.3 Å². The molecular formula is C13H15IO3. The SMILES string of the molecule is CCOC(=O)C(I)(Cc1ccccc1)C(C)=O. The molecule has 0 N–H and O–H groups in total. The second-order valence-corrected chi connectivity index (χ2v) is 5.58. The number of rotatable bonds is 5. The number of carbonyl (C=O) groups is 2. The first-order valence-corrected chi connectivity index (χ1v) is 6.49. The van der Waals surface area contributed by atoms with Gasteiger partial charge in [0.15, 0.2) is 9.20 Å². The largest absolute Gasteiger partial charge is 0.465 e. The molecule has 92 valence electrons. The van der Waals surface area contributed by atoms with Crippen molar-refractivity contribution in [1.82, 2.24) is 0 Å². The second-order valence-electron chi connectivity index (χ2n) is 3.74. The third kappa shape index (κ3) is 3.52. The smallest absolute Gasteiger partial charge is 0.330 e. The highest BCUT2D eigenvalue weighted by Crippen LogP contribution is 2.27. The Kier molecular flexibility index (Phi) is 5.11. The Labute approximate surface area is 115 Å². The molecule has 1 rings (SSSR count). The molecule has 1 aromatic rings. The number of carbonyl (C=O) groups excluding carboxylic acids is 2. The normalized spacial score (nSPS) is 13.8. The predicted molar refractivity (Wildman–Crippen MR) is 74.2 cm³/mol. The minimum absolute atomic E-state index is 0.180. The molecule has 0 aromatic heterocycles. The molecule has 0 aliphatic carbocycles. The highest BCUT2D eigenvalue weighted by molar-refractivity contribution is 14.1. The maximum atomic E-state index is 11.9. The van der Waals surface area contributed by atoms with Gasteiger partial charge in [0.1, 0.15) is 0 Å². The fraction of sp³-hybridized carbons (Fsp3) is 0.385. The van der Waals surface area contributed by atoms with Crippen molar-refractivity contribution >= 4 is 34.3 Å². The number of esters is 1. The lowest BCUT2D eigenvalue weighted by Gasteiger charge is -2.22. The number of hydrogen-bond acceptors (Lipinski definition) is 3. The minimum atomic E-state index is -1.12. The van der Waals surface area contributed by atoms with Crippen LogP contribution in [-0.4, -0.2) is 21.8 Å². The zero-order valence-corrected chi connectivity index (χ0v) is 12.1. The van der Waals surface area contributed by atoms with Gasteiger partial charge in [-0.15, -0.1) is 0 Å². The zero-order valence-electron chi connectivity index (χ0n) is 9.90. The van der Waals surface area contributed by atoms with E-state index in [9.17, 15) is 9.59 Å². The lowest BCUT2D eigenvalue weighted by molar-refractivity contribution is -0.148. The van der Waals surface area contributed by atoms with Crippen LogP contribution >= 0.6 is 22.6 Å². The van der Waals surface area contributed by atoms with E-state index in [0.29, 0.717) is 6.42 Å². The van der Waals surface area contributed by atoms with Gasteiger partial charge in [-0.25, -0.2) is 0 Å². The molecule has 17 heavy (non-hydrogen) atoms. The summed E-state index contributed by atoms with van der Waals surface area (Å²) >= 11 is 1.89. The van der Waals surface area contributed by atoms with E-state index in [-0.39, 0.29) is 12.4 Å². The molecule has 1 atom stereocenters. The van der Waals surface area contributed by atoms with Crippen molar-refractivity contribution in [1.29, 1.82) is 0 Å². The third-order valence-electron chi connectivity index (χ3n) is 2.45. The third-order valence-corrected chi connectivity index (χ3v) is 4.03. The monoisotopic (exact) mass is 346 g/mol. The molecule has 0 aliphatic rings. The summed E-state index contributed by atoms with van der Waals surface area (Å²) in [5.74, 6) is -0.641. The van der Waals surface area contributed by atoms with Crippen molar-refractivity contribution in [2.24, 2.45) is 0 Å². The number of halogens is 1. The van der Waals surface area contributed by atoms with Gasteiger partial charge in [-0.2, -0.15) is 0 Å². The molecule has 0 amide bonds. The van der Waals surface area contributed by atoms with Gasteiger partial charge in [0.2, 0.25) is 0 Å². The highest BCUT2D eigenvalue weighted by Gasteiger charge is 2.42. The lowest BCUT2D eigenvalue weighted by atomic mass is 9.96. The molecule has 4 heteroatoms. The Bertz CT molecular complexity index is 402. The molecule has 0 spiro atoms. The molecule has 0 aliphatic heterocycles. The topological polar surface area (TPSA) is 43.4 Å². The molecule has 0 fully saturated rings. The van der Waals surface area contributed by atoms with Gasteiger partial charge in [0, 0.05) is 6.42 Å². The maximum Gasteiger partial charge on any atom is 0.330 e. The van der Waals surface area contributed by atoms with Crippen molar-refractivity contribution in [2.75, 3.05) is 6.61 Å². The molecule has 0 saturated carbocycles. The number of hydrogen-bond donors (Lipinski definition) is 0. The van der Waals surface area contributed by atoms with Crippen molar-refractivity contribution in [3.8, 4) is 0 Å². The van der Waals surface area contributed by atoms with Crippen LogP contribution in [0.1, 0.15) is 19.4 Å². The van der Waals surface area contributed by atoms with E-state index in [0.717, 1.165) is 5.56 Å². The average molecular weight is 346 g/mol. The first-order valence-electron chi connectivity index (χ1n) is 5.41. The molecule has 0 bridgehead atoms. The Morgan fingerprint density at radius 2 is 1.88 bits per heavy atom. The highest BCUT2D eigenvalue weighted by atomic mass is 127. The number of benzene rings is 1. The van der Waals surface area contributed by atoms with E-state index in [2.05, 4.69) is 0 Å². The van der Waals surface area contributed by atoms with E-state index in [4.69, 9.17) is 4.74 Å². The molecule has 0 saturated heterocycles. The predicted octanol–water partition coefficient (Wildman–Crippen LogP) is 2.56. The van der Waals surface area contributed by atoms with Crippen LogP contribution in [0.25, 0.3) is 0 Å². The van der Waals surface area contributed by atoms with Crippen LogP contribution in [0.15, 0.2) is 30.3 Å². The molecule has 1 aromatic carbocycles. The van der Waals surface area contributed by atoms with Gasteiger partial charge in [0.25, 0.3) is 0 Å². The number of ether oxygens (including phenoxy) is 1. The van der Waals surface area contributed by atoms with Crippen LogP contribution < -0.4 is 0 Å². The van der Waals surface area contributed by atoms with Crippen LogP contribution in [0, 0.1) is 0 Å². The fourth-order valence-corrected chi connectivity index (χ4v) is 2.06. The summed E-state index contributed by atoms with van der Waals surface area (Å²) in [6.07, 6.45) is 0.364. The lowest BCUT2D eigenvalue weighted by Crippen LogP contribution is -2.42. The Morgan fingerprint density at radius 1 is 1.29 bits per heavy atom.